The Hall–Kier alpha value is -3.00. The Morgan fingerprint density at radius 3 is 2.33 bits per heavy atom. The van der Waals surface area contributed by atoms with Gasteiger partial charge in [0.1, 0.15) is 28.9 Å². The van der Waals surface area contributed by atoms with E-state index >= 15 is 0 Å². The van der Waals surface area contributed by atoms with Crippen LogP contribution in [0, 0.1) is 5.82 Å². The topological polar surface area (TPSA) is 81.5 Å². The number of benzene rings is 2. The van der Waals surface area contributed by atoms with Gasteiger partial charge in [0, 0.05) is 5.56 Å². The van der Waals surface area contributed by atoms with Crippen LogP contribution in [-0.4, -0.2) is 26.9 Å². The van der Waals surface area contributed by atoms with Crippen molar-refractivity contribution >= 4 is 17.3 Å². The Kier molecular flexibility index (Phi) is 5.36. The van der Waals surface area contributed by atoms with Crippen molar-refractivity contribution in [3.63, 3.8) is 0 Å². The number of aliphatic carboxylic acids is 1. The summed E-state index contributed by atoms with van der Waals surface area (Å²) in [7, 11) is 0. The van der Waals surface area contributed by atoms with Gasteiger partial charge in [0.05, 0.1) is 0 Å². The summed E-state index contributed by atoms with van der Waals surface area (Å²) in [5, 5.41) is 18.6. The Bertz CT molecular complexity index is 924. The van der Waals surface area contributed by atoms with E-state index in [0.717, 1.165) is 5.56 Å². The van der Waals surface area contributed by atoms with Crippen LogP contribution in [0.2, 0.25) is 0 Å². The summed E-state index contributed by atoms with van der Waals surface area (Å²) in [5.74, 6) is -0.319. The Labute approximate surface area is 159 Å². The van der Waals surface area contributed by atoms with Gasteiger partial charge in [-0.25, -0.2) is 9.18 Å². The van der Waals surface area contributed by atoms with Crippen LogP contribution in [-0.2, 0) is 11.4 Å². The molecule has 3 aromatic rings. The van der Waals surface area contributed by atoms with E-state index in [4.69, 9.17) is 14.6 Å². The van der Waals surface area contributed by atoms with E-state index in [1.54, 1.807) is 36.4 Å². The van der Waals surface area contributed by atoms with Crippen LogP contribution in [0.25, 0.3) is 10.6 Å². The molecular formula is C19H17FN2O4S. The van der Waals surface area contributed by atoms with Gasteiger partial charge < -0.3 is 14.6 Å². The molecule has 0 saturated heterocycles. The predicted molar refractivity (Wildman–Crippen MR) is 98.4 cm³/mol. The van der Waals surface area contributed by atoms with Crippen molar-refractivity contribution in [2.24, 2.45) is 0 Å². The fourth-order valence-electron chi connectivity index (χ4n) is 2.11. The molecule has 0 amide bonds. The fraction of sp³-hybridized carbons (Fsp3) is 0.211. The van der Waals surface area contributed by atoms with Gasteiger partial charge >= 0.3 is 5.97 Å². The molecule has 0 saturated carbocycles. The van der Waals surface area contributed by atoms with E-state index in [0.29, 0.717) is 21.5 Å². The summed E-state index contributed by atoms with van der Waals surface area (Å²) < 4.78 is 24.1. The van der Waals surface area contributed by atoms with E-state index < -0.39 is 11.6 Å². The number of hydrogen-bond acceptors (Lipinski definition) is 6. The molecule has 3 rings (SSSR count). The monoisotopic (exact) mass is 388 g/mol. The molecule has 2 aromatic carbocycles. The van der Waals surface area contributed by atoms with E-state index in [1.165, 1.54) is 37.3 Å². The van der Waals surface area contributed by atoms with Gasteiger partial charge in [-0.15, -0.1) is 10.2 Å². The van der Waals surface area contributed by atoms with Crippen LogP contribution in [0.4, 0.5) is 4.39 Å². The lowest BCUT2D eigenvalue weighted by atomic mass is 10.1. The standard InChI is InChI=1S/C19H17FN2O4S/c1-19(2,18(23)24)26-15-9-7-14(8-10-15)25-11-16-21-22-17(27-16)12-3-5-13(20)6-4-12/h3-10H,11H2,1-2H3,(H,23,24). The molecular weight excluding hydrogens is 371 g/mol. The molecule has 1 heterocycles. The van der Waals surface area contributed by atoms with Crippen LogP contribution in [0.15, 0.2) is 48.5 Å². The summed E-state index contributed by atoms with van der Waals surface area (Å²) in [5.41, 5.74) is -0.520. The molecule has 1 N–H and O–H groups in total. The maximum absolute atomic E-state index is 13.0. The van der Waals surface area contributed by atoms with Gasteiger partial charge in [0.25, 0.3) is 0 Å². The van der Waals surface area contributed by atoms with Crippen LogP contribution < -0.4 is 9.47 Å². The molecule has 6 nitrogen and oxygen atoms in total. The van der Waals surface area contributed by atoms with Gasteiger partial charge in [-0.1, -0.05) is 11.3 Å². The number of carbonyl (C=O) groups is 1. The highest BCUT2D eigenvalue weighted by molar-refractivity contribution is 7.14. The van der Waals surface area contributed by atoms with Crippen molar-refractivity contribution < 1.29 is 23.8 Å². The second-order valence-electron chi connectivity index (χ2n) is 6.19. The van der Waals surface area contributed by atoms with Crippen molar-refractivity contribution in [1.82, 2.24) is 10.2 Å². The van der Waals surface area contributed by atoms with Gasteiger partial charge in [-0.2, -0.15) is 0 Å². The average molecular weight is 388 g/mol. The molecule has 0 aliphatic heterocycles. The smallest absolute Gasteiger partial charge is 0.347 e. The van der Waals surface area contributed by atoms with Gasteiger partial charge in [0.15, 0.2) is 10.6 Å². The largest absolute Gasteiger partial charge is 0.486 e. The third kappa shape index (κ3) is 4.79. The van der Waals surface area contributed by atoms with Crippen molar-refractivity contribution in [1.29, 1.82) is 0 Å². The molecule has 0 aliphatic carbocycles. The van der Waals surface area contributed by atoms with Crippen LogP contribution in [0.5, 0.6) is 11.5 Å². The number of hydrogen-bond donors (Lipinski definition) is 1. The van der Waals surface area contributed by atoms with Gasteiger partial charge in [0.2, 0.25) is 0 Å². The highest BCUT2D eigenvalue weighted by Crippen LogP contribution is 2.26. The molecule has 0 radical (unpaired) electrons. The first kappa shape index (κ1) is 18.8. The number of ether oxygens (including phenoxy) is 2. The molecule has 1 aromatic heterocycles. The highest BCUT2D eigenvalue weighted by Gasteiger charge is 2.29. The number of halogens is 1. The molecule has 0 spiro atoms. The molecule has 0 fully saturated rings. The molecule has 0 bridgehead atoms. The zero-order chi connectivity index (χ0) is 19.4. The Morgan fingerprint density at radius 2 is 1.70 bits per heavy atom. The number of aromatic nitrogens is 2. The normalized spacial score (nSPS) is 11.2. The quantitative estimate of drug-likeness (QED) is 0.654. The second kappa shape index (κ2) is 7.71. The van der Waals surface area contributed by atoms with Crippen molar-refractivity contribution in [3.05, 3.63) is 59.4 Å². The number of carboxylic acids is 1. The molecule has 0 unspecified atom stereocenters. The molecule has 27 heavy (non-hydrogen) atoms. The molecule has 0 atom stereocenters. The van der Waals surface area contributed by atoms with Crippen LogP contribution in [0.3, 0.4) is 0 Å². The second-order valence-corrected chi connectivity index (χ2v) is 7.25. The Morgan fingerprint density at radius 1 is 1.07 bits per heavy atom. The minimum Gasteiger partial charge on any atom is -0.486 e. The minimum atomic E-state index is -1.31. The number of rotatable bonds is 7. The molecule has 0 aliphatic rings. The van der Waals surface area contributed by atoms with Crippen molar-refractivity contribution in [2.75, 3.05) is 0 Å². The van der Waals surface area contributed by atoms with Crippen molar-refractivity contribution in [2.45, 2.75) is 26.1 Å². The lowest BCUT2D eigenvalue weighted by molar-refractivity contribution is -0.152. The third-order valence-corrected chi connectivity index (χ3v) is 4.58. The lowest BCUT2D eigenvalue weighted by Crippen LogP contribution is -2.37. The third-order valence-electron chi connectivity index (χ3n) is 3.63. The summed E-state index contributed by atoms with van der Waals surface area (Å²) in [6.07, 6.45) is 0. The number of carboxylic acid groups (broad SMARTS) is 1. The van der Waals surface area contributed by atoms with Crippen LogP contribution in [0.1, 0.15) is 18.9 Å². The van der Waals surface area contributed by atoms with Crippen molar-refractivity contribution in [3.8, 4) is 22.1 Å². The van der Waals surface area contributed by atoms with E-state index in [2.05, 4.69) is 10.2 Å². The fourth-order valence-corrected chi connectivity index (χ4v) is 2.87. The first-order chi connectivity index (χ1) is 12.8. The predicted octanol–water partition coefficient (Wildman–Crippen LogP) is 4.17. The molecule has 140 valence electrons. The lowest BCUT2D eigenvalue weighted by Gasteiger charge is -2.21. The average Bonchev–Trinajstić information content (AvgIpc) is 3.10. The maximum Gasteiger partial charge on any atom is 0.347 e. The summed E-state index contributed by atoms with van der Waals surface area (Å²) in [4.78, 5) is 11.1. The Balaban J connectivity index is 1.59. The SMILES string of the molecule is CC(C)(Oc1ccc(OCc2nnc(-c3ccc(F)cc3)s2)cc1)C(=O)O. The zero-order valence-corrected chi connectivity index (χ0v) is 15.5. The summed E-state index contributed by atoms with van der Waals surface area (Å²) in [6.45, 7) is 3.20. The zero-order valence-electron chi connectivity index (χ0n) is 14.7. The van der Waals surface area contributed by atoms with Gasteiger partial charge in [-0.05, 0) is 62.4 Å². The minimum absolute atomic E-state index is 0.236. The van der Waals surface area contributed by atoms with Crippen LogP contribution >= 0.6 is 11.3 Å². The highest BCUT2D eigenvalue weighted by atomic mass is 32.1. The molecule has 8 heteroatoms. The van der Waals surface area contributed by atoms with E-state index in [1.807, 2.05) is 0 Å². The summed E-state index contributed by atoms with van der Waals surface area (Å²) in [6, 6.07) is 12.7. The van der Waals surface area contributed by atoms with E-state index in [9.17, 15) is 9.18 Å². The first-order valence-corrected chi connectivity index (χ1v) is 8.89. The maximum atomic E-state index is 13.0. The first-order valence-electron chi connectivity index (χ1n) is 8.07. The van der Waals surface area contributed by atoms with E-state index in [-0.39, 0.29) is 12.4 Å². The summed E-state index contributed by atoms with van der Waals surface area (Å²) >= 11 is 1.37. The van der Waals surface area contributed by atoms with Gasteiger partial charge in [-0.3, -0.25) is 0 Å². The number of nitrogens with zero attached hydrogens (tertiary/aromatic N) is 2.